The first-order valence-electron chi connectivity index (χ1n) is 9.68. The molecule has 6 heteroatoms. The molecule has 0 aliphatic carbocycles. The van der Waals surface area contributed by atoms with Crippen molar-refractivity contribution in [1.82, 2.24) is 4.98 Å². The van der Waals surface area contributed by atoms with Crippen molar-refractivity contribution in [3.8, 4) is 22.8 Å². The van der Waals surface area contributed by atoms with Crippen molar-refractivity contribution in [2.75, 3.05) is 18.5 Å². The molecule has 3 aromatic rings. The van der Waals surface area contributed by atoms with E-state index in [9.17, 15) is 4.79 Å². The van der Waals surface area contributed by atoms with Gasteiger partial charge in [0.05, 0.1) is 18.9 Å². The molecule has 1 heterocycles. The molecule has 0 aliphatic rings. The first-order valence-corrected chi connectivity index (χ1v) is 10.5. The van der Waals surface area contributed by atoms with Crippen molar-refractivity contribution in [2.45, 2.75) is 34.6 Å². The topological polar surface area (TPSA) is 60.5 Å². The lowest BCUT2D eigenvalue weighted by Crippen LogP contribution is -2.12. The molecule has 0 atom stereocenters. The second-order valence-corrected chi connectivity index (χ2v) is 7.94. The lowest BCUT2D eigenvalue weighted by Gasteiger charge is -2.10. The fourth-order valence-corrected chi connectivity index (χ4v) is 3.81. The van der Waals surface area contributed by atoms with Gasteiger partial charge in [-0.3, -0.25) is 10.1 Å². The van der Waals surface area contributed by atoms with Gasteiger partial charge in [0.2, 0.25) is 0 Å². The number of thiazole rings is 1. The SMILES string of the molecule is CCOc1cc(OCC)cc(C(=O)Nc2nc(-c3ccc(C)c(C)c3)c(C)s2)c1. The van der Waals surface area contributed by atoms with Crippen molar-refractivity contribution in [1.29, 1.82) is 0 Å². The van der Waals surface area contributed by atoms with E-state index in [-0.39, 0.29) is 5.91 Å². The highest BCUT2D eigenvalue weighted by molar-refractivity contribution is 7.16. The summed E-state index contributed by atoms with van der Waals surface area (Å²) >= 11 is 1.47. The summed E-state index contributed by atoms with van der Waals surface area (Å²) < 4.78 is 11.1. The van der Waals surface area contributed by atoms with E-state index >= 15 is 0 Å². The third-order valence-electron chi connectivity index (χ3n) is 4.56. The molecule has 1 aromatic heterocycles. The number of aryl methyl sites for hydroxylation is 3. The van der Waals surface area contributed by atoms with E-state index in [1.54, 1.807) is 18.2 Å². The van der Waals surface area contributed by atoms with Crippen LogP contribution in [0.3, 0.4) is 0 Å². The van der Waals surface area contributed by atoms with Gasteiger partial charge in [-0.15, -0.1) is 11.3 Å². The van der Waals surface area contributed by atoms with Gasteiger partial charge in [-0.25, -0.2) is 4.98 Å². The Kier molecular flexibility index (Phi) is 6.54. The van der Waals surface area contributed by atoms with Crippen molar-refractivity contribution in [3.63, 3.8) is 0 Å². The lowest BCUT2D eigenvalue weighted by molar-refractivity contribution is 0.102. The Labute approximate surface area is 175 Å². The van der Waals surface area contributed by atoms with Crippen LogP contribution in [0.2, 0.25) is 0 Å². The van der Waals surface area contributed by atoms with Gasteiger partial charge in [0.1, 0.15) is 11.5 Å². The summed E-state index contributed by atoms with van der Waals surface area (Å²) in [7, 11) is 0. The molecule has 0 spiro atoms. The molecule has 0 saturated carbocycles. The maximum absolute atomic E-state index is 12.8. The van der Waals surface area contributed by atoms with Crippen molar-refractivity contribution in [2.24, 2.45) is 0 Å². The predicted molar refractivity (Wildman–Crippen MR) is 118 cm³/mol. The zero-order valence-corrected chi connectivity index (χ0v) is 18.3. The molecule has 0 saturated heterocycles. The van der Waals surface area contributed by atoms with E-state index < -0.39 is 0 Å². The number of hydrogen-bond donors (Lipinski definition) is 1. The zero-order chi connectivity index (χ0) is 21.0. The van der Waals surface area contributed by atoms with E-state index in [2.05, 4.69) is 42.3 Å². The van der Waals surface area contributed by atoms with Crippen molar-refractivity contribution in [3.05, 3.63) is 58.0 Å². The zero-order valence-electron chi connectivity index (χ0n) is 17.5. The van der Waals surface area contributed by atoms with E-state index in [1.165, 1.54) is 22.5 Å². The van der Waals surface area contributed by atoms with Crippen LogP contribution in [0.4, 0.5) is 5.13 Å². The summed E-state index contributed by atoms with van der Waals surface area (Å²) in [4.78, 5) is 18.5. The van der Waals surface area contributed by atoms with Crippen LogP contribution in [0.5, 0.6) is 11.5 Å². The van der Waals surface area contributed by atoms with E-state index in [0.717, 1.165) is 16.1 Å². The van der Waals surface area contributed by atoms with Gasteiger partial charge in [-0.1, -0.05) is 12.1 Å². The van der Waals surface area contributed by atoms with Gasteiger partial charge in [-0.2, -0.15) is 0 Å². The minimum absolute atomic E-state index is 0.243. The number of aromatic nitrogens is 1. The average Bonchev–Trinajstić information content (AvgIpc) is 3.04. The minimum Gasteiger partial charge on any atom is -0.494 e. The molecule has 0 bridgehead atoms. The highest BCUT2D eigenvalue weighted by atomic mass is 32.1. The number of hydrogen-bond acceptors (Lipinski definition) is 5. The smallest absolute Gasteiger partial charge is 0.257 e. The second-order valence-electron chi connectivity index (χ2n) is 6.74. The van der Waals surface area contributed by atoms with Crippen LogP contribution in [-0.2, 0) is 0 Å². The van der Waals surface area contributed by atoms with Crippen LogP contribution in [-0.4, -0.2) is 24.1 Å². The molecule has 29 heavy (non-hydrogen) atoms. The number of anilines is 1. The molecule has 0 fully saturated rings. The molecular formula is C23H26N2O3S. The molecule has 0 unspecified atom stereocenters. The Hall–Kier alpha value is -2.86. The van der Waals surface area contributed by atoms with Crippen LogP contribution in [0, 0.1) is 20.8 Å². The van der Waals surface area contributed by atoms with Crippen LogP contribution in [0.15, 0.2) is 36.4 Å². The van der Waals surface area contributed by atoms with Crippen LogP contribution < -0.4 is 14.8 Å². The monoisotopic (exact) mass is 410 g/mol. The third-order valence-corrected chi connectivity index (χ3v) is 5.45. The number of nitrogens with zero attached hydrogens (tertiary/aromatic N) is 1. The first kappa shape index (κ1) is 20.9. The molecule has 1 N–H and O–H groups in total. The molecule has 1 amide bonds. The Balaban J connectivity index is 1.85. The number of nitrogens with one attached hydrogen (secondary N) is 1. The van der Waals surface area contributed by atoms with Crippen LogP contribution >= 0.6 is 11.3 Å². The normalized spacial score (nSPS) is 10.7. The number of carbonyl (C=O) groups excluding carboxylic acids is 1. The van der Waals surface area contributed by atoms with Crippen LogP contribution in [0.1, 0.15) is 40.2 Å². The summed E-state index contributed by atoms with van der Waals surface area (Å²) in [6.45, 7) is 11.0. The molecule has 2 aromatic carbocycles. The second kappa shape index (κ2) is 9.09. The number of amides is 1. The molecular weight excluding hydrogens is 384 g/mol. The summed E-state index contributed by atoms with van der Waals surface area (Å²) in [5.41, 5.74) is 4.89. The first-order chi connectivity index (χ1) is 13.9. The third kappa shape index (κ3) is 4.95. The van der Waals surface area contributed by atoms with Gasteiger partial charge in [0.15, 0.2) is 5.13 Å². The number of rotatable bonds is 7. The molecule has 0 aliphatic heterocycles. The summed E-state index contributed by atoms with van der Waals surface area (Å²) in [6, 6.07) is 11.5. The van der Waals surface area contributed by atoms with E-state index in [4.69, 9.17) is 9.47 Å². The maximum atomic E-state index is 12.8. The minimum atomic E-state index is -0.243. The lowest BCUT2D eigenvalue weighted by atomic mass is 10.0. The molecule has 3 rings (SSSR count). The Morgan fingerprint density at radius 3 is 2.21 bits per heavy atom. The van der Waals surface area contributed by atoms with Gasteiger partial charge in [0, 0.05) is 22.1 Å². The number of ether oxygens (including phenoxy) is 2. The summed E-state index contributed by atoms with van der Waals surface area (Å²) in [6.07, 6.45) is 0. The standard InChI is InChI=1S/C23H26N2O3S/c1-6-27-19-11-18(12-20(13-19)28-7-2)22(26)25-23-24-21(16(5)29-23)17-9-8-14(3)15(4)10-17/h8-13H,6-7H2,1-5H3,(H,24,25,26). The van der Waals surface area contributed by atoms with Gasteiger partial charge in [0.25, 0.3) is 5.91 Å². The largest absolute Gasteiger partial charge is 0.494 e. The Morgan fingerprint density at radius 1 is 0.966 bits per heavy atom. The number of benzene rings is 2. The van der Waals surface area contributed by atoms with E-state index in [1.807, 2.05) is 20.8 Å². The molecule has 5 nitrogen and oxygen atoms in total. The fourth-order valence-electron chi connectivity index (χ4n) is 2.98. The Bertz CT molecular complexity index is 1000. The highest BCUT2D eigenvalue weighted by Gasteiger charge is 2.15. The Morgan fingerprint density at radius 2 is 1.62 bits per heavy atom. The maximum Gasteiger partial charge on any atom is 0.257 e. The summed E-state index contributed by atoms with van der Waals surface area (Å²) in [5, 5.41) is 3.48. The predicted octanol–water partition coefficient (Wildman–Crippen LogP) is 5.79. The quantitative estimate of drug-likeness (QED) is 0.536. The van der Waals surface area contributed by atoms with Gasteiger partial charge < -0.3 is 9.47 Å². The number of carbonyl (C=O) groups is 1. The van der Waals surface area contributed by atoms with Gasteiger partial charge in [-0.05, 0) is 63.9 Å². The molecule has 0 radical (unpaired) electrons. The molecule has 152 valence electrons. The van der Waals surface area contributed by atoms with E-state index in [0.29, 0.717) is 35.4 Å². The highest BCUT2D eigenvalue weighted by Crippen LogP contribution is 2.32. The van der Waals surface area contributed by atoms with Crippen molar-refractivity contribution >= 4 is 22.4 Å². The van der Waals surface area contributed by atoms with Crippen molar-refractivity contribution < 1.29 is 14.3 Å². The van der Waals surface area contributed by atoms with Crippen LogP contribution in [0.25, 0.3) is 11.3 Å². The van der Waals surface area contributed by atoms with Gasteiger partial charge >= 0.3 is 0 Å². The average molecular weight is 411 g/mol. The summed E-state index contributed by atoms with van der Waals surface area (Å²) in [5.74, 6) is 0.970. The fraction of sp³-hybridized carbons (Fsp3) is 0.304.